The van der Waals surface area contributed by atoms with Crippen LogP contribution in [0.2, 0.25) is 5.02 Å². The first-order valence-electron chi connectivity index (χ1n) is 9.08. The fourth-order valence-corrected chi connectivity index (χ4v) is 3.57. The summed E-state index contributed by atoms with van der Waals surface area (Å²) in [6.07, 6.45) is 1.64. The molecule has 5 nitrogen and oxygen atoms in total. The molecule has 1 N–H and O–H groups in total. The number of pyridine rings is 1. The molecule has 0 fully saturated rings. The summed E-state index contributed by atoms with van der Waals surface area (Å²) >= 11 is 5.97. The average Bonchev–Trinajstić information content (AvgIpc) is 2.99. The lowest BCUT2D eigenvalue weighted by Crippen LogP contribution is -2.32. The maximum Gasteiger partial charge on any atom is 0.260 e. The number of benzene rings is 2. The fraction of sp³-hybridized carbons (Fsp3) is 0.136. The van der Waals surface area contributed by atoms with Crippen molar-refractivity contribution in [3.8, 4) is 0 Å². The Hall–Kier alpha value is -3.25. The van der Waals surface area contributed by atoms with Crippen molar-refractivity contribution in [2.24, 2.45) is 0 Å². The van der Waals surface area contributed by atoms with Crippen molar-refractivity contribution in [3.05, 3.63) is 94.5 Å². The van der Waals surface area contributed by atoms with Crippen molar-refractivity contribution in [2.75, 3.05) is 4.90 Å². The van der Waals surface area contributed by atoms with Crippen molar-refractivity contribution >= 4 is 29.1 Å². The molecule has 3 aromatic rings. The summed E-state index contributed by atoms with van der Waals surface area (Å²) < 4.78 is 13.3. The molecule has 1 aromatic heterocycles. The number of fused-ring (bicyclic) bond motifs is 1. The number of aromatic nitrogens is 1. The molecule has 4 rings (SSSR count). The molecule has 1 aliphatic heterocycles. The number of anilines is 1. The van der Waals surface area contributed by atoms with Crippen molar-refractivity contribution in [2.45, 2.75) is 19.0 Å². The van der Waals surface area contributed by atoms with E-state index < -0.39 is 6.04 Å². The molecule has 0 unspecified atom stereocenters. The number of nitrogens with one attached hydrogen (secondary N) is 1. The van der Waals surface area contributed by atoms with E-state index in [0.29, 0.717) is 27.5 Å². The lowest BCUT2D eigenvalue weighted by Gasteiger charge is -2.24. The number of halogens is 2. The monoisotopic (exact) mass is 409 g/mol. The number of amides is 2. The number of hydrogen-bond donors (Lipinski definition) is 1. The van der Waals surface area contributed by atoms with Crippen LogP contribution in [0.5, 0.6) is 0 Å². The van der Waals surface area contributed by atoms with Gasteiger partial charge in [-0.1, -0.05) is 23.7 Å². The Morgan fingerprint density at radius 2 is 1.93 bits per heavy atom. The maximum atomic E-state index is 13.3. The SMILES string of the molecule is O=C(C[C@H]1c2ncccc2C(=O)N1c1ccc(Cl)cc1)NCc1cccc(F)c1. The Morgan fingerprint density at radius 3 is 2.69 bits per heavy atom. The van der Waals surface area contributed by atoms with E-state index in [9.17, 15) is 14.0 Å². The van der Waals surface area contributed by atoms with Gasteiger partial charge in [-0.2, -0.15) is 0 Å². The van der Waals surface area contributed by atoms with Crippen molar-refractivity contribution in [1.82, 2.24) is 10.3 Å². The smallest absolute Gasteiger partial charge is 0.260 e. The van der Waals surface area contributed by atoms with Gasteiger partial charge in [0, 0.05) is 23.5 Å². The van der Waals surface area contributed by atoms with Crippen LogP contribution in [0.1, 0.15) is 34.1 Å². The summed E-state index contributed by atoms with van der Waals surface area (Å²) in [6, 6.07) is 15.8. The highest BCUT2D eigenvalue weighted by Gasteiger charge is 2.39. The first-order valence-corrected chi connectivity index (χ1v) is 9.46. The number of rotatable bonds is 5. The van der Waals surface area contributed by atoms with Crippen LogP contribution in [0, 0.1) is 5.82 Å². The van der Waals surface area contributed by atoms with E-state index in [1.807, 2.05) is 0 Å². The highest BCUT2D eigenvalue weighted by Crippen LogP contribution is 2.38. The zero-order chi connectivity index (χ0) is 20.4. The Morgan fingerprint density at radius 1 is 1.14 bits per heavy atom. The highest BCUT2D eigenvalue weighted by atomic mass is 35.5. The largest absolute Gasteiger partial charge is 0.352 e. The van der Waals surface area contributed by atoms with Gasteiger partial charge in [0.25, 0.3) is 5.91 Å². The van der Waals surface area contributed by atoms with Gasteiger partial charge in [0.2, 0.25) is 5.91 Å². The van der Waals surface area contributed by atoms with E-state index in [2.05, 4.69) is 10.3 Å². The van der Waals surface area contributed by atoms with Crippen LogP contribution in [-0.4, -0.2) is 16.8 Å². The van der Waals surface area contributed by atoms with Crippen LogP contribution in [0.4, 0.5) is 10.1 Å². The number of hydrogen-bond acceptors (Lipinski definition) is 3. The van der Waals surface area contributed by atoms with Crippen LogP contribution >= 0.6 is 11.6 Å². The summed E-state index contributed by atoms with van der Waals surface area (Å²) in [7, 11) is 0. The first kappa shape index (κ1) is 19.1. The Kier molecular flexibility index (Phi) is 5.27. The van der Waals surface area contributed by atoms with Gasteiger partial charge in [0.05, 0.1) is 23.7 Å². The summed E-state index contributed by atoms with van der Waals surface area (Å²) in [4.78, 5) is 31.5. The Balaban J connectivity index is 1.56. The third kappa shape index (κ3) is 3.98. The lowest BCUT2D eigenvalue weighted by atomic mass is 10.1. The van der Waals surface area contributed by atoms with Crippen LogP contribution in [0.25, 0.3) is 0 Å². The highest BCUT2D eigenvalue weighted by molar-refractivity contribution is 6.30. The van der Waals surface area contributed by atoms with Crippen molar-refractivity contribution < 1.29 is 14.0 Å². The van der Waals surface area contributed by atoms with Gasteiger partial charge >= 0.3 is 0 Å². The minimum absolute atomic E-state index is 0.0354. The molecular formula is C22H17ClFN3O2. The summed E-state index contributed by atoms with van der Waals surface area (Å²) in [5.74, 6) is -0.826. The molecule has 7 heteroatoms. The quantitative estimate of drug-likeness (QED) is 0.684. The second-order valence-corrected chi connectivity index (χ2v) is 7.15. The lowest BCUT2D eigenvalue weighted by molar-refractivity contribution is -0.121. The second kappa shape index (κ2) is 8.01. The fourth-order valence-electron chi connectivity index (χ4n) is 3.44. The molecule has 2 heterocycles. The van der Waals surface area contributed by atoms with E-state index in [1.165, 1.54) is 12.1 Å². The van der Waals surface area contributed by atoms with Gasteiger partial charge in [0.15, 0.2) is 0 Å². The number of carbonyl (C=O) groups is 2. The number of nitrogens with zero attached hydrogens (tertiary/aromatic N) is 2. The zero-order valence-corrected chi connectivity index (χ0v) is 16.1. The molecule has 29 heavy (non-hydrogen) atoms. The van der Waals surface area contributed by atoms with Gasteiger partial charge in [0.1, 0.15) is 5.82 Å². The molecule has 0 bridgehead atoms. The van der Waals surface area contributed by atoms with E-state index in [-0.39, 0.29) is 30.6 Å². The van der Waals surface area contributed by atoms with E-state index in [1.54, 1.807) is 59.6 Å². The zero-order valence-electron chi connectivity index (χ0n) is 15.3. The second-order valence-electron chi connectivity index (χ2n) is 6.71. The third-order valence-corrected chi connectivity index (χ3v) is 5.03. The minimum Gasteiger partial charge on any atom is -0.352 e. The molecule has 146 valence electrons. The maximum absolute atomic E-state index is 13.3. The normalized spacial score (nSPS) is 15.3. The van der Waals surface area contributed by atoms with E-state index in [0.717, 1.165) is 0 Å². The summed E-state index contributed by atoms with van der Waals surface area (Å²) in [6.45, 7) is 0.202. The van der Waals surface area contributed by atoms with Gasteiger partial charge in [-0.25, -0.2) is 4.39 Å². The molecular weight excluding hydrogens is 393 g/mol. The van der Waals surface area contributed by atoms with Gasteiger partial charge in [-0.15, -0.1) is 0 Å². The molecule has 0 aliphatic carbocycles. The summed E-state index contributed by atoms with van der Waals surface area (Å²) in [5.41, 5.74) is 2.34. The molecule has 1 aliphatic rings. The molecule has 0 saturated heterocycles. The van der Waals surface area contributed by atoms with Crippen molar-refractivity contribution in [1.29, 1.82) is 0 Å². The summed E-state index contributed by atoms with van der Waals surface area (Å²) in [5, 5.41) is 3.34. The average molecular weight is 410 g/mol. The van der Waals surface area contributed by atoms with Gasteiger partial charge < -0.3 is 5.32 Å². The Bertz CT molecular complexity index is 1070. The molecule has 0 radical (unpaired) electrons. The molecule has 1 atom stereocenters. The van der Waals surface area contributed by atoms with Gasteiger partial charge in [-0.05, 0) is 54.1 Å². The number of carbonyl (C=O) groups excluding carboxylic acids is 2. The molecule has 0 spiro atoms. The standard InChI is InChI=1S/C22H17ClFN3O2/c23-15-6-8-17(9-7-15)27-19(21-18(22(27)29)5-2-10-25-21)12-20(28)26-13-14-3-1-4-16(24)11-14/h1-11,19H,12-13H2,(H,26,28)/t19-/m0/s1. The van der Waals surface area contributed by atoms with Gasteiger partial charge in [-0.3, -0.25) is 19.5 Å². The van der Waals surface area contributed by atoms with Crippen LogP contribution in [0.15, 0.2) is 66.9 Å². The first-order chi connectivity index (χ1) is 14.0. The Labute approximate surface area is 172 Å². The van der Waals surface area contributed by atoms with E-state index >= 15 is 0 Å². The van der Waals surface area contributed by atoms with Crippen LogP contribution < -0.4 is 10.2 Å². The minimum atomic E-state index is -0.535. The van der Waals surface area contributed by atoms with Crippen LogP contribution in [-0.2, 0) is 11.3 Å². The topological polar surface area (TPSA) is 62.3 Å². The molecule has 2 amide bonds. The predicted molar refractivity (Wildman–Crippen MR) is 108 cm³/mol. The third-order valence-electron chi connectivity index (χ3n) is 4.78. The van der Waals surface area contributed by atoms with Crippen LogP contribution in [0.3, 0.4) is 0 Å². The predicted octanol–water partition coefficient (Wildman–Crippen LogP) is 4.28. The van der Waals surface area contributed by atoms with E-state index in [4.69, 9.17) is 11.6 Å². The molecule has 2 aromatic carbocycles. The molecule has 0 saturated carbocycles. The van der Waals surface area contributed by atoms with Crippen molar-refractivity contribution in [3.63, 3.8) is 0 Å².